The molecule has 0 unspecified atom stereocenters. The normalized spacial score (nSPS) is 7.67. The summed E-state index contributed by atoms with van der Waals surface area (Å²) in [5.74, 6) is 0. The maximum absolute atomic E-state index is 10.2. The standard InChI is InChI=1S/C4H8O3.C2HF3/c1-2-3-7-4(5)6;3-1-2(4)5/h2-3H2,1H3,(H,5,6);1H. The highest BCUT2D eigenvalue weighted by atomic mass is 19.3. The molecule has 1 N–H and O–H groups in total. The third kappa shape index (κ3) is 23.2. The van der Waals surface area contributed by atoms with Crippen molar-refractivity contribution >= 4 is 6.16 Å². The van der Waals surface area contributed by atoms with Crippen molar-refractivity contribution in [1.29, 1.82) is 0 Å². The van der Waals surface area contributed by atoms with E-state index in [-0.39, 0.29) is 0 Å². The first-order chi connectivity index (χ1) is 5.54. The van der Waals surface area contributed by atoms with Gasteiger partial charge in [0.25, 0.3) is 6.08 Å². The minimum atomic E-state index is -2.29. The van der Waals surface area contributed by atoms with E-state index in [1.54, 1.807) is 0 Å². The molecule has 0 heterocycles. The fourth-order valence-electron chi connectivity index (χ4n) is 0.189. The number of carbonyl (C=O) groups is 1. The summed E-state index contributed by atoms with van der Waals surface area (Å²) in [5.41, 5.74) is 0. The van der Waals surface area contributed by atoms with Crippen molar-refractivity contribution in [1.82, 2.24) is 0 Å². The molecule has 0 saturated heterocycles. The third-order valence-corrected chi connectivity index (χ3v) is 0.512. The lowest BCUT2D eigenvalue weighted by Crippen LogP contribution is -1.99. The molecule has 0 atom stereocenters. The van der Waals surface area contributed by atoms with Crippen molar-refractivity contribution in [3.63, 3.8) is 0 Å². The molecule has 0 fully saturated rings. The Morgan fingerprint density at radius 1 is 1.58 bits per heavy atom. The molecule has 3 nitrogen and oxygen atoms in total. The molecule has 0 aliphatic rings. The van der Waals surface area contributed by atoms with Gasteiger partial charge in [0.15, 0.2) is 6.33 Å². The highest BCUT2D eigenvalue weighted by Gasteiger charge is 1.89. The van der Waals surface area contributed by atoms with Gasteiger partial charge < -0.3 is 9.84 Å². The second kappa shape index (κ2) is 9.80. The Morgan fingerprint density at radius 3 is 2.08 bits per heavy atom. The Bertz CT molecular complexity index is 143. The van der Waals surface area contributed by atoms with Crippen LogP contribution in [-0.2, 0) is 4.74 Å². The summed E-state index contributed by atoms with van der Waals surface area (Å²) >= 11 is 0. The van der Waals surface area contributed by atoms with E-state index >= 15 is 0 Å². The zero-order valence-electron chi connectivity index (χ0n) is 6.39. The maximum Gasteiger partial charge on any atom is 0.505 e. The van der Waals surface area contributed by atoms with E-state index in [9.17, 15) is 18.0 Å². The molecular weight excluding hydrogens is 177 g/mol. The predicted octanol–water partition coefficient (Wildman–Crippen LogP) is 2.78. The number of ether oxygens (including phenoxy) is 1. The maximum atomic E-state index is 10.2. The van der Waals surface area contributed by atoms with Crippen molar-refractivity contribution in [2.75, 3.05) is 6.61 Å². The van der Waals surface area contributed by atoms with Gasteiger partial charge in [-0.05, 0) is 6.42 Å². The topological polar surface area (TPSA) is 46.5 Å². The number of hydrogen-bond acceptors (Lipinski definition) is 2. The Balaban J connectivity index is 0. The van der Waals surface area contributed by atoms with Crippen LogP contribution in [0.15, 0.2) is 12.4 Å². The van der Waals surface area contributed by atoms with E-state index in [0.717, 1.165) is 6.42 Å². The fourth-order valence-corrected chi connectivity index (χ4v) is 0.189. The molecule has 0 aromatic carbocycles. The first-order valence-corrected chi connectivity index (χ1v) is 3.01. The average molecular weight is 186 g/mol. The van der Waals surface area contributed by atoms with Gasteiger partial charge in [0, 0.05) is 0 Å². The number of hydrogen-bond donors (Lipinski definition) is 1. The minimum Gasteiger partial charge on any atom is -0.450 e. The second-order valence-corrected chi connectivity index (χ2v) is 1.51. The number of halogens is 3. The summed E-state index contributed by atoms with van der Waals surface area (Å²) in [5, 5.41) is 7.82. The Kier molecular flexibility index (Phi) is 10.9. The predicted molar refractivity (Wildman–Crippen MR) is 35.7 cm³/mol. The van der Waals surface area contributed by atoms with Gasteiger partial charge in [-0.3, -0.25) is 0 Å². The molecule has 72 valence electrons. The Labute approximate surface area is 67.4 Å². The Hall–Kier alpha value is -1.20. The van der Waals surface area contributed by atoms with E-state index in [1.165, 1.54) is 0 Å². The van der Waals surface area contributed by atoms with Crippen LogP contribution in [0.25, 0.3) is 0 Å². The summed E-state index contributed by atoms with van der Waals surface area (Å²) in [4.78, 5) is 9.54. The molecule has 0 bridgehead atoms. The molecule has 0 aliphatic heterocycles. The molecule has 0 saturated carbocycles. The van der Waals surface area contributed by atoms with E-state index in [4.69, 9.17) is 5.11 Å². The largest absolute Gasteiger partial charge is 0.505 e. The van der Waals surface area contributed by atoms with Crippen LogP contribution in [0, 0.1) is 0 Å². The van der Waals surface area contributed by atoms with Crippen LogP contribution in [0.3, 0.4) is 0 Å². The van der Waals surface area contributed by atoms with E-state index < -0.39 is 18.6 Å². The van der Waals surface area contributed by atoms with Gasteiger partial charge in [-0.15, -0.1) is 0 Å². The summed E-state index contributed by atoms with van der Waals surface area (Å²) in [6, 6.07) is 0. The van der Waals surface area contributed by atoms with Gasteiger partial charge in [0.05, 0.1) is 6.61 Å². The van der Waals surface area contributed by atoms with Gasteiger partial charge in [-0.2, -0.15) is 8.78 Å². The van der Waals surface area contributed by atoms with Crippen LogP contribution >= 0.6 is 0 Å². The minimum absolute atomic E-state index is 0.301. The van der Waals surface area contributed by atoms with E-state index in [1.807, 2.05) is 6.92 Å². The summed E-state index contributed by atoms with van der Waals surface area (Å²) in [6.07, 6.45) is -3.49. The van der Waals surface area contributed by atoms with Crippen LogP contribution in [0.1, 0.15) is 13.3 Å². The second-order valence-electron chi connectivity index (χ2n) is 1.51. The smallest absolute Gasteiger partial charge is 0.450 e. The molecule has 12 heavy (non-hydrogen) atoms. The zero-order chi connectivity index (χ0) is 9.98. The molecule has 0 aromatic rings. The monoisotopic (exact) mass is 186 g/mol. The first kappa shape index (κ1) is 13.4. The number of rotatable bonds is 2. The molecule has 0 rings (SSSR count). The average Bonchev–Trinajstić information content (AvgIpc) is 2.02. The fraction of sp³-hybridized carbons (Fsp3) is 0.500. The first-order valence-electron chi connectivity index (χ1n) is 3.01. The van der Waals surface area contributed by atoms with Gasteiger partial charge in [-0.25, -0.2) is 9.18 Å². The van der Waals surface area contributed by atoms with Crippen molar-refractivity contribution in [2.24, 2.45) is 0 Å². The molecule has 0 spiro atoms. The van der Waals surface area contributed by atoms with Crippen LogP contribution in [-0.4, -0.2) is 17.9 Å². The lowest BCUT2D eigenvalue weighted by molar-refractivity contribution is 0.0918. The lowest BCUT2D eigenvalue weighted by Gasteiger charge is -1.91. The van der Waals surface area contributed by atoms with Gasteiger partial charge in [0.2, 0.25) is 0 Å². The Morgan fingerprint density at radius 2 is 2.00 bits per heavy atom. The van der Waals surface area contributed by atoms with Crippen LogP contribution in [0.2, 0.25) is 0 Å². The zero-order valence-corrected chi connectivity index (χ0v) is 6.39. The van der Waals surface area contributed by atoms with Crippen LogP contribution in [0.5, 0.6) is 0 Å². The van der Waals surface area contributed by atoms with Crippen LogP contribution < -0.4 is 0 Å². The van der Waals surface area contributed by atoms with Crippen molar-refractivity contribution in [3.8, 4) is 0 Å². The molecule has 6 heteroatoms. The third-order valence-electron chi connectivity index (χ3n) is 0.512. The van der Waals surface area contributed by atoms with Gasteiger partial charge >= 0.3 is 6.16 Å². The molecule has 0 aliphatic carbocycles. The van der Waals surface area contributed by atoms with E-state index in [2.05, 4.69) is 4.74 Å². The quantitative estimate of drug-likeness (QED) is 0.674. The summed E-state index contributed by atoms with van der Waals surface area (Å²) in [6.45, 7) is 2.15. The van der Waals surface area contributed by atoms with Crippen molar-refractivity contribution < 1.29 is 27.8 Å². The van der Waals surface area contributed by atoms with Gasteiger partial charge in [0.1, 0.15) is 0 Å². The SMILES string of the molecule is CCCOC(=O)O.FC=C(F)F. The molecule has 0 amide bonds. The van der Waals surface area contributed by atoms with Crippen molar-refractivity contribution in [3.05, 3.63) is 12.4 Å². The highest BCUT2D eigenvalue weighted by molar-refractivity contribution is 5.56. The highest BCUT2D eigenvalue weighted by Crippen LogP contribution is 1.93. The van der Waals surface area contributed by atoms with Gasteiger partial charge in [-0.1, -0.05) is 6.92 Å². The molecule has 0 radical (unpaired) electrons. The summed E-state index contributed by atoms with van der Waals surface area (Å²) in [7, 11) is 0. The number of carboxylic acid groups (broad SMARTS) is 1. The van der Waals surface area contributed by atoms with E-state index in [0.29, 0.717) is 6.61 Å². The van der Waals surface area contributed by atoms with Crippen molar-refractivity contribution in [2.45, 2.75) is 13.3 Å². The molecular formula is C6H9F3O3. The lowest BCUT2D eigenvalue weighted by atomic mass is 10.5. The molecule has 0 aromatic heterocycles. The van der Waals surface area contributed by atoms with Crippen LogP contribution in [0.4, 0.5) is 18.0 Å². The summed E-state index contributed by atoms with van der Waals surface area (Å²) < 4.78 is 34.8.